The van der Waals surface area contributed by atoms with Crippen LogP contribution in [0.2, 0.25) is 0 Å². The van der Waals surface area contributed by atoms with E-state index in [2.05, 4.69) is 5.32 Å². The van der Waals surface area contributed by atoms with Crippen molar-refractivity contribution in [2.24, 2.45) is 0 Å². The molecule has 9 heteroatoms. The van der Waals surface area contributed by atoms with Crippen LogP contribution in [0.4, 0.5) is 10.5 Å². The smallest absolute Gasteiger partial charge is 0.337 e. The molecular formula is C16H19N3O6. The zero-order valence-electron chi connectivity index (χ0n) is 14.4. The van der Waals surface area contributed by atoms with Crippen molar-refractivity contribution in [3.63, 3.8) is 0 Å². The number of ether oxygens (including phenoxy) is 2. The first-order valence-corrected chi connectivity index (χ1v) is 7.55. The summed E-state index contributed by atoms with van der Waals surface area (Å²) in [6.45, 7) is 3.78. The van der Waals surface area contributed by atoms with Gasteiger partial charge in [0, 0.05) is 18.3 Å². The fourth-order valence-electron chi connectivity index (χ4n) is 2.82. The van der Waals surface area contributed by atoms with Gasteiger partial charge in [-0.1, -0.05) is 6.07 Å². The molecule has 2 amide bonds. The lowest BCUT2D eigenvalue weighted by atomic mass is 9.94. The van der Waals surface area contributed by atoms with Gasteiger partial charge >= 0.3 is 17.7 Å². The molecule has 1 N–H and O–H groups in total. The van der Waals surface area contributed by atoms with Crippen molar-refractivity contribution in [1.29, 1.82) is 0 Å². The Bertz CT molecular complexity index is 758. The number of rotatable bonds is 5. The van der Waals surface area contributed by atoms with Gasteiger partial charge in [0.2, 0.25) is 0 Å². The largest absolute Gasteiger partial charge is 0.490 e. The van der Waals surface area contributed by atoms with Crippen molar-refractivity contribution in [3.05, 3.63) is 45.1 Å². The Morgan fingerprint density at radius 1 is 1.40 bits per heavy atom. The quantitative estimate of drug-likeness (QED) is 0.495. The van der Waals surface area contributed by atoms with Crippen LogP contribution in [0.25, 0.3) is 0 Å². The SMILES string of the molecule is CCN1C(=O)NC(c2ccc(OC)c([N+](=O)[O-])c2)C(C(=O)OC)=C1C. The van der Waals surface area contributed by atoms with Crippen LogP contribution in [0.15, 0.2) is 29.5 Å². The highest BCUT2D eigenvalue weighted by molar-refractivity contribution is 5.95. The number of hydrogen-bond acceptors (Lipinski definition) is 6. The Balaban J connectivity index is 2.61. The van der Waals surface area contributed by atoms with Gasteiger partial charge in [-0.15, -0.1) is 0 Å². The minimum absolute atomic E-state index is 0.0893. The highest BCUT2D eigenvalue weighted by Crippen LogP contribution is 2.35. The lowest BCUT2D eigenvalue weighted by Gasteiger charge is -2.34. The molecule has 0 saturated carbocycles. The summed E-state index contributed by atoms with van der Waals surface area (Å²) in [5, 5.41) is 13.9. The van der Waals surface area contributed by atoms with Gasteiger partial charge in [-0.25, -0.2) is 9.59 Å². The van der Waals surface area contributed by atoms with E-state index in [0.29, 0.717) is 17.8 Å². The second-order valence-electron chi connectivity index (χ2n) is 5.31. The first-order chi connectivity index (χ1) is 11.8. The first-order valence-electron chi connectivity index (χ1n) is 7.55. The number of nitrogens with zero attached hydrogens (tertiary/aromatic N) is 2. The molecule has 0 spiro atoms. The second-order valence-corrected chi connectivity index (χ2v) is 5.31. The molecule has 1 unspecified atom stereocenters. The normalized spacial score (nSPS) is 17.2. The van der Waals surface area contributed by atoms with E-state index in [1.54, 1.807) is 19.9 Å². The average Bonchev–Trinajstić information content (AvgIpc) is 2.60. The van der Waals surface area contributed by atoms with Gasteiger partial charge in [0.05, 0.1) is 30.8 Å². The van der Waals surface area contributed by atoms with Crippen LogP contribution in [-0.2, 0) is 9.53 Å². The van der Waals surface area contributed by atoms with Crippen LogP contribution in [0, 0.1) is 10.1 Å². The molecule has 25 heavy (non-hydrogen) atoms. The van der Waals surface area contributed by atoms with Gasteiger partial charge in [0.1, 0.15) is 0 Å². The first kappa shape index (κ1) is 18.2. The Kier molecular flexibility index (Phi) is 5.26. The number of urea groups is 1. The molecule has 1 heterocycles. The molecule has 134 valence electrons. The maximum absolute atomic E-state index is 12.3. The minimum Gasteiger partial charge on any atom is -0.490 e. The van der Waals surface area contributed by atoms with Crippen molar-refractivity contribution in [3.8, 4) is 5.75 Å². The molecule has 0 radical (unpaired) electrons. The van der Waals surface area contributed by atoms with E-state index in [0.717, 1.165) is 0 Å². The van der Waals surface area contributed by atoms with Crippen LogP contribution in [-0.4, -0.2) is 42.6 Å². The summed E-state index contributed by atoms with van der Waals surface area (Å²) in [5.74, 6) is -0.522. The molecule has 0 fully saturated rings. The Hall–Kier alpha value is -3.10. The average molecular weight is 349 g/mol. The van der Waals surface area contributed by atoms with E-state index < -0.39 is 23.0 Å². The van der Waals surface area contributed by atoms with Crippen molar-refractivity contribution in [2.45, 2.75) is 19.9 Å². The lowest BCUT2D eigenvalue weighted by Crippen LogP contribution is -2.47. The maximum Gasteiger partial charge on any atom is 0.337 e. The van der Waals surface area contributed by atoms with Gasteiger partial charge in [0.15, 0.2) is 5.75 Å². The van der Waals surface area contributed by atoms with Crippen LogP contribution < -0.4 is 10.1 Å². The van der Waals surface area contributed by atoms with Crippen molar-refractivity contribution < 1.29 is 24.0 Å². The number of hydrogen-bond donors (Lipinski definition) is 1. The molecule has 1 aliphatic heterocycles. The third-order valence-electron chi connectivity index (χ3n) is 4.05. The van der Waals surface area contributed by atoms with Crippen LogP contribution >= 0.6 is 0 Å². The maximum atomic E-state index is 12.3. The molecule has 0 bridgehead atoms. The monoisotopic (exact) mass is 349 g/mol. The molecular weight excluding hydrogens is 330 g/mol. The molecule has 9 nitrogen and oxygen atoms in total. The number of esters is 1. The van der Waals surface area contributed by atoms with Gasteiger partial charge in [-0.05, 0) is 25.5 Å². The number of nitro benzene ring substituents is 1. The van der Waals surface area contributed by atoms with Gasteiger partial charge in [-0.2, -0.15) is 0 Å². The number of nitrogens with one attached hydrogen (secondary N) is 1. The number of carbonyl (C=O) groups is 2. The highest BCUT2D eigenvalue weighted by Gasteiger charge is 2.36. The molecule has 1 aromatic carbocycles. The molecule has 1 atom stereocenters. The minimum atomic E-state index is -0.854. The summed E-state index contributed by atoms with van der Waals surface area (Å²) >= 11 is 0. The van der Waals surface area contributed by atoms with Crippen molar-refractivity contribution in [2.75, 3.05) is 20.8 Å². The van der Waals surface area contributed by atoms with E-state index in [1.165, 1.54) is 31.3 Å². The zero-order valence-corrected chi connectivity index (χ0v) is 14.4. The number of methoxy groups -OCH3 is 2. The third kappa shape index (κ3) is 3.25. The third-order valence-corrected chi connectivity index (χ3v) is 4.05. The fraction of sp³-hybridized carbons (Fsp3) is 0.375. The predicted octanol–water partition coefficient (Wildman–Crippen LogP) is 2.14. The van der Waals surface area contributed by atoms with E-state index in [1.807, 2.05) is 0 Å². The molecule has 2 rings (SSSR count). The summed E-state index contributed by atoms with van der Waals surface area (Å²) < 4.78 is 9.81. The van der Waals surface area contributed by atoms with Gasteiger partial charge in [-0.3, -0.25) is 15.0 Å². The lowest BCUT2D eigenvalue weighted by molar-refractivity contribution is -0.385. The summed E-state index contributed by atoms with van der Waals surface area (Å²) in [5.41, 5.74) is 0.801. The molecule has 0 saturated heterocycles. The number of amides is 2. The predicted molar refractivity (Wildman–Crippen MR) is 88.0 cm³/mol. The van der Waals surface area contributed by atoms with E-state index in [-0.39, 0.29) is 17.0 Å². The van der Waals surface area contributed by atoms with Crippen molar-refractivity contribution in [1.82, 2.24) is 10.2 Å². The second kappa shape index (κ2) is 7.20. The Labute approximate surface area is 144 Å². The number of nitro groups is 1. The molecule has 0 aromatic heterocycles. The molecule has 1 aliphatic rings. The standard InChI is InChI=1S/C16H19N3O6/c1-5-18-9(2)13(15(20)25-4)14(17-16(18)21)10-6-7-12(24-3)11(8-10)19(22)23/h6-8,14H,5H2,1-4H3,(H,17,21). The summed E-state index contributed by atoms with van der Waals surface area (Å²) in [6, 6.07) is 3.02. The van der Waals surface area contributed by atoms with E-state index in [9.17, 15) is 19.7 Å². The van der Waals surface area contributed by atoms with Crippen LogP contribution in [0.1, 0.15) is 25.5 Å². The topological polar surface area (TPSA) is 111 Å². The van der Waals surface area contributed by atoms with Gasteiger partial charge in [0.25, 0.3) is 0 Å². The Morgan fingerprint density at radius 3 is 2.60 bits per heavy atom. The Morgan fingerprint density at radius 2 is 2.08 bits per heavy atom. The van der Waals surface area contributed by atoms with E-state index in [4.69, 9.17) is 9.47 Å². The fourth-order valence-corrected chi connectivity index (χ4v) is 2.82. The summed E-state index contributed by atoms with van der Waals surface area (Å²) in [7, 11) is 2.57. The summed E-state index contributed by atoms with van der Waals surface area (Å²) in [6.07, 6.45) is 0. The van der Waals surface area contributed by atoms with Gasteiger partial charge < -0.3 is 14.8 Å². The summed E-state index contributed by atoms with van der Waals surface area (Å²) in [4.78, 5) is 36.6. The van der Waals surface area contributed by atoms with Crippen LogP contribution in [0.3, 0.4) is 0 Å². The highest BCUT2D eigenvalue weighted by atomic mass is 16.6. The number of benzene rings is 1. The van der Waals surface area contributed by atoms with Crippen LogP contribution in [0.5, 0.6) is 5.75 Å². The van der Waals surface area contributed by atoms with E-state index >= 15 is 0 Å². The number of allylic oxidation sites excluding steroid dienone is 1. The zero-order chi connectivity index (χ0) is 18.7. The van der Waals surface area contributed by atoms with Crippen molar-refractivity contribution >= 4 is 17.7 Å². The number of carbonyl (C=O) groups excluding carboxylic acids is 2. The molecule has 1 aromatic rings. The molecule has 0 aliphatic carbocycles.